The van der Waals surface area contributed by atoms with Crippen LogP contribution in [0.2, 0.25) is 0 Å². The van der Waals surface area contributed by atoms with E-state index in [2.05, 4.69) is 17.4 Å². The molecule has 1 N–H and O–H groups in total. The van der Waals surface area contributed by atoms with Crippen molar-refractivity contribution in [3.05, 3.63) is 29.1 Å². The minimum atomic E-state index is 0.696. The minimum absolute atomic E-state index is 0.696. The van der Waals surface area contributed by atoms with Crippen LogP contribution in [0.4, 0.5) is 0 Å². The van der Waals surface area contributed by atoms with E-state index in [0.29, 0.717) is 5.92 Å². The molecule has 1 aromatic heterocycles. The van der Waals surface area contributed by atoms with Crippen molar-refractivity contribution in [2.75, 3.05) is 13.1 Å². The molecule has 1 saturated heterocycles. The lowest BCUT2D eigenvalue weighted by Gasteiger charge is -2.23. The van der Waals surface area contributed by atoms with Crippen molar-refractivity contribution in [3.63, 3.8) is 0 Å². The Kier molecular flexibility index (Phi) is 3.94. The number of rotatable bonds is 1. The first-order chi connectivity index (χ1) is 8.93. The summed E-state index contributed by atoms with van der Waals surface area (Å²) >= 11 is 0. The third-order valence-corrected chi connectivity index (χ3v) is 4.46. The average molecular weight is 244 g/mol. The zero-order chi connectivity index (χ0) is 12.2. The molecule has 0 atom stereocenters. The summed E-state index contributed by atoms with van der Waals surface area (Å²) in [5.41, 5.74) is 4.29. The van der Waals surface area contributed by atoms with Gasteiger partial charge in [0.05, 0.1) is 0 Å². The van der Waals surface area contributed by atoms with Gasteiger partial charge in [-0.2, -0.15) is 0 Å². The van der Waals surface area contributed by atoms with E-state index in [1.807, 2.05) is 0 Å². The SMILES string of the molecule is c1cc2c(nc1C1CCNCC1)CCCCCC2. The first-order valence-electron chi connectivity index (χ1n) is 7.63. The van der Waals surface area contributed by atoms with E-state index in [-0.39, 0.29) is 0 Å². The van der Waals surface area contributed by atoms with Crippen LogP contribution in [0, 0.1) is 0 Å². The molecule has 0 unspecified atom stereocenters. The molecule has 2 aliphatic rings. The average Bonchev–Trinajstić information content (AvgIpc) is 2.40. The first-order valence-corrected chi connectivity index (χ1v) is 7.63. The van der Waals surface area contributed by atoms with Gasteiger partial charge in [0.15, 0.2) is 0 Å². The van der Waals surface area contributed by atoms with Crippen LogP contribution in [0.3, 0.4) is 0 Å². The second-order valence-electron chi connectivity index (χ2n) is 5.78. The molecule has 0 amide bonds. The summed E-state index contributed by atoms with van der Waals surface area (Å²) in [5, 5.41) is 3.44. The van der Waals surface area contributed by atoms with Crippen LogP contribution in [0.25, 0.3) is 0 Å². The second-order valence-corrected chi connectivity index (χ2v) is 5.78. The van der Waals surface area contributed by atoms with Crippen LogP contribution in [0.1, 0.15) is 61.4 Å². The molecular weight excluding hydrogens is 220 g/mol. The van der Waals surface area contributed by atoms with Crippen LogP contribution >= 0.6 is 0 Å². The number of pyridine rings is 1. The number of nitrogens with one attached hydrogen (secondary N) is 1. The molecule has 0 aromatic carbocycles. The molecule has 3 rings (SSSR count). The topological polar surface area (TPSA) is 24.9 Å². The molecule has 18 heavy (non-hydrogen) atoms. The third kappa shape index (κ3) is 2.74. The second kappa shape index (κ2) is 5.83. The summed E-state index contributed by atoms with van der Waals surface area (Å²) in [4.78, 5) is 5.01. The van der Waals surface area contributed by atoms with Gasteiger partial charge in [0.1, 0.15) is 0 Å². The van der Waals surface area contributed by atoms with Gasteiger partial charge in [0.2, 0.25) is 0 Å². The van der Waals surface area contributed by atoms with Gasteiger partial charge in [-0.1, -0.05) is 18.9 Å². The van der Waals surface area contributed by atoms with E-state index in [1.165, 1.54) is 68.3 Å². The number of aromatic nitrogens is 1. The number of piperidine rings is 1. The molecule has 98 valence electrons. The van der Waals surface area contributed by atoms with Crippen molar-refractivity contribution in [2.24, 2.45) is 0 Å². The summed E-state index contributed by atoms with van der Waals surface area (Å²) < 4.78 is 0. The van der Waals surface area contributed by atoms with Gasteiger partial charge < -0.3 is 5.32 Å². The van der Waals surface area contributed by atoms with Crippen molar-refractivity contribution in [2.45, 2.75) is 57.3 Å². The summed E-state index contributed by atoms with van der Waals surface area (Å²) in [5.74, 6) is 0.696. The van der Waals surface area contributed by atoms with E-state index in [0.717, 1.165) is 13.1 Å². The molecule has 2 heteroatoms. The standard InChI is InChI=1S/C16H24N2/c1-2-4-6-15-13(5-3-1)7-8-16(18-15)14-9-11-17-12-10-14/h7-8,14,17H,1-6,9-12H2. The van der Waals surface area contributed by atoms with Crippen LogP contribution in [0.5, 0.6) is 0 Å². The minimum Gasteiger partial charge on any atom is -0.317 e. The lowest BCUT2D eigenvalue weighted by Crippen LogP contribution is -2.27. The Labute approximate surface area is 110 Å². The van der Waals surface area contributed by atoms with Crippen molar-refractivity contribution in [1.82, 2.24) is 10.3 Å². The van der Waals surface area contributed by atoms with Crippen molar-refractivity contribution < 1.29 is 0 Å². The maximum atomic E-state index is 5.01. The number of hydrogen-bond acceptors (Lipinski definition) is 2. The van der Waals surface area contributed by atoms with Gasteiger partial charge in [-0.3, -0.25) is 4.98 Å². The summed E-state index contributed by atoms with van der Waals surface area (Å²) in [6.45, 7) is 2.31. The van der Waals surface area contributed by atoms with Crippen LogP contribution in [0.15, 0.2) is 12.1 Å². The molecule has 1 aliphatic carbocycles. The number of hydrogen-bond donors (Lipinski definition) is 1. The Morgan fingerprint density at radius 2 is 1.72 bits per heavy atom. The van der Waals surface area contributed by atoms with E-state index >= 15 is 0 Å². The van der Waals surface area contributed by atoms with Gasteiger partial charge in [-0.15, -0.1) is 0 Å². The van der Waals surface area contributed by atoms with E-state index < -0.39 is 0 Å². The summed E-state index contributed by atoms with van der Waals surface area (Å²) in [6.07, 6.45) is 10.4. The molecule has 0 bridgehead atoms. The summed E-state index contributed by atoms with van der Waals surface area (Å²) in [6, 6.07) is 4.67. The van der Waals surface area contributed by atoms with Crippen molar-refractivity contribution in [1.29, 1.82) is 0 Å². The highest BCUT2D eigenvalue weighted by Gasteiger charge is 2.18. The monoisotopic (exact) mass is 244 g/mol. The smallest absolute Gasteiger partial charge is 0.0439 e. The van der Waals surface area contributed by atoms with Gasteiger partial charge in [0, 0.05) is 17.3 Å². The number of aryl methyl sites for hydroxylation is 2. The fraction of sp³-hybridized carbons (Fsp3) is 0.688. The van der Waals surface area contributed by atoms with Crippen molar-refractivity contribution in [3.8, 4) is 0 Å². The molecule has 1 aliphatic heterocycles. The van der Waals surface area contributed by atoms with E-state index in [1.54, 1.807) is 0 Å². The van der Waals surface area contributed by atoms with Gasteiger partial charge in [-0.05, 0) is 63.2 Å². The number of fused-ring (bicyclic) bond motifs is 1. The van der Waals surface area contributed by atoms with Gasteiger partial charge in [-0.25, -0.2) is 0 Å². The zero-order valence-corrected chi connectivity index (χ0v) is 11.3. The normalized spacial score (nSPS) is 22.0. The maximum absolute atomic E-state index is 5.01. The molecule has 0 saturated carbocycles. The Bertz CT molecular complexity index is 394. The quantitative estimate of drug-likeness (QED) is 0.820. The Morgan fingerprint density at radius 1 is 0.944 bits per heavy atom. The van der Waals surface area contributed by atoms with Crippen LogP contribution < -0.4 is 5.32 Å². The molecule has 1 fully saturated rings. The largest absolute Gasteiger partial charge is 0.317 e. The predicted molar refractivity (Wildman–Crippen MR) is 75.0 cm³/mol. The molecule has 1 aromatic rings. The van der Waals surface area contributed by atoms with Crippen LogP contribution in [-0.4, -0.2) is 18.1 Å². The molecule has 2 nitrogen and oxygen atoms in total. The van der Waals surface area contributed by atoms with Crippen LogP contribution in [-0.2, 0) is 12.8 Å². The maximum Gasteiger partial charge on any atom is 0.0439 e. The molecule has 2 heterocycles. The highest BCUT2D eigenvalue weighted by molar-refractivity contribution is 5.26. The zero-order valence-electron chi connectivity index (χ0n) is 11.3. The molecule has 0 radical (unpaired) electrons. The van der Waals surface area contributed by atoms with E-state index in [4.69, 9.17) is 4.98 Å². The fourth-order valence-electron chi connectivity index (χ4n) is 3.30. The first kappa shape index (κ1) is 12.2. The molecular formula is C16H24N2. The predicted octanol–water partition coefficient (Wildman–Crippen LogP) is 3.21. The lowest BCUT2D eigenvalue weighted by atomic mass is 9.91. The molecule has 0 spiro atoms. The highest BCUT2D eigenvalue weighted by Crippen LogP contribution is 2.26. The summed E-state index contributed by atoms with van der Waals surface area (Å²) in [7, 11) is 0. The van der Waals surface area contributed by atoms with Crippen molar-refractivity contribution >= 4 is 0 Å². The van der Waals surface area contributed by atoms with Gasteiger partial charge in [0.25, 0.3) is 0 Å². The third-order valence-electron chi connectivity index (χ3n) is 4.46. The Hall–Kier alpha value is -0.890. The van der Waals surface area contributed by atoms with E-state index in [9.17, 15) is 0 Å². The number of nitrogens with zero attached hydrogens (tertiary/aromatic N) is 1. The Morgan fingerprint density at radius 3 is 2.56 bits per heavy atom. The fourth-order valence-corrected chi connectivity index (χ4v) is 3.30. The lowest BCUT2D eigenvalue weighted by molar-refractivity contribution is 0.451. The Balaban J connectivity index is 1.81. The highest BCUT2D eigenvalue weighted by atomic mass is 14.9. The van der Waals surface area contributed by atoms with Gasteiger partial charge >= 0.3 is 0 Å².